The lowest BCUT2D eigenvalue weighted by Gasteiger charge is -2.07. The lowest BCUT2D eigenvalue weighted by atomic mass is 10.2. The molecule has 0 radical (unpaired) electrons. The van der Waals surface area contributed by atoms with Crippen molar-refractivity contribution in [1.82, 2.24) is 9.55 Å². The summed E-state index contributed by atoms with van der Waals surface area (Å²) in [5.41, 5.74) is 2.32. The number of nitrogens with zero attached hydrogens (tertiary/aromatic N) is 1. The van der Waals surface area contributed by atoms with Crippen LogP contribution in [0.4, 0.5) is 0 Å². The van der Waals surface area contributed by atoms with Gasteiger partial charge >= 0.3 is 0 Å². The maximum absolute atomic E-state index is 5.39. The maximum Gasteiger partial charge on any atom is 0.177 e. The molecule has 0 saturated carbocycles. The molecule has 0 bridgehead atoms. The second-order valence-electron chi connectivity index (χ2n) is 4.44. The molecule has 0 spiro atoms. The van der Waals surface area contributed by atoms with Gasteiger partial charge in [-0.2, -0.15) is 0 Å². The second kappa shape index (κ2) is 5.15. The van der Waals surface area contributed by atoms with Crippen LogP contribution in [0.15, 0.2) is 48.7 Å². The van der Waals surface area contributed by atoms with E-state index in [4.69, 9.17) is 12.2 Å². The van der Waals surface area contributed by atoms with Crippen LogP contribution in [0.5, 0.6) is 0 Å². The van der Waals surface area contributed by atoms with Crippen molar-refractivity contribution >= 4 is 23.6 Å². The van der Waals surface area contributed by atoms with Crippen molar-refractivity contribution in [2.75, 3.05) is 0 Å². The van der Waals surface area contributed by atoms with E-state index in [-0.39, 0.29) is 0 Å². The van der Waals surface area contributed by atoms with E-state index in [0.29, 0.717) is 0 Å². The summed E-state index contributed by atoms with van der Waals surface area (Å²) in [6.45, 7) is 2.95. The molecule has 0 aliphatic heterocycles. The van der Waals surface area contributed by atoms with E-state index in [2.05, 4.69) is 40.7 Å². The van der Waals surface area contributed by atoms with Crippen LogP contribution in [0, 0.1) is 11.7 Å². The summed E-state index contributed by atoms with van der Waals surface area (Å²) >= 11 is 7.21. The van der Waals surface area contributed by atoms with Gasteiger partial charge in [0.25, 0.3) is 0 Å². The number of benzene rings is 1. The summed E-state index contributed by atoms with van der Waals surface area (Å²) in [4.78, 5) is 5.80. The Labute approximate surface area is 121 Å². The van der Waals surface area contributed by atoms with Gasteiger partial charge in [-0.25, -0.2) is 0 Å². The fourth-order valence-electron chi connectivity index (χ4n) is 2.13. The van der Waals surface area contributed by atoms with Crippen molar-refractivity contribution in [2.45, 2.75) is 13.5 Å². The third kappa shape index (κ3) is 2.55. The van der Waals surface area contributed by atoms with E-state index in [1.807, 2.05) is 35.7 Å². The first kappa shape index (κ1) is 12.4. The van der Waals surface area contributed by atoms with Gasteiger partial charge in [-0.1, -0.05) is 30.3 Å². The fraction of sp³-hybridized carbons (Fsp3) is 0.133. The average molecular weight is 286 g/mol. The predicted octanol–water partition coefficient (Wildman–Crippen LogP) is 4.63. The Morgan fingerprint density at radius 1 is 1.16 bits per heavy atom. The largest absolute Gasteiger partial charge is 0.337 e. The van der Waals surface area contributed by atoms with Crippen LogP contribution < -0.4 is 0 Å². The average Bonchev–Trinajstić information content (AvgIpc) is 2.99. The van der Waals surface area contributed by atoms with E-state index < -0.39 is 0 Å². The number of aromatic amines is 1. The van der Waals surface area contributed by atoms with Gasteiger partial charge in [0, 0.05) is 16.0 Å². The van der Waals surface area contributed by atoms with E-state index in [9.17, 15) is 0 Å². The van der Waals surface area contributed by atoms with Gasteiger partial charge in [0.2, 0.25) is 0 Å². The molecule has 0 fully saturated rings. The van der Waals surface area contributed by atoms with Crippen LogP contribution in [-0.2, 0) is 6.54 Å². The number of rotatable bonds is 3. The van der Waals surface area contributed by atoms with Crippen LogP contribution >= 0.6 is 23.6 Å². The molecule has 4 heteroatoms. The zero-order valence-electron chi connectivity index (χ0n) is 10.6. The number of hydrogen-bond acceptors (Lipinski definition) is 2. The minimum Gasteiger partial charge on any atom is -0.337 e. The van der Waals surface area contributed by atoms with Gasteiger partial charge in [0.1, 0.15) is 0 Å². The molecule has 0 amide bonds. The molecule has 19 heavy (non-hydrogen) atoms. The fourth-order valence-corrected chi connectivity index (χ4v) is 3.23. The van der Waals surface area contributed by atoms with E-state index in [1.54, 1.807) is 0 Å². The van der Waals surface area contributed by atoms with Gasteiger partial charge < -0.3 is 9.55 Å². The second-order valence-corrected chi connectivity index (χ2v) is 6.20. The standard InChI is InChI=1S/C15H14N2S2/c1-11-7-8-13(19-11)10-17-14(9-16-15(17)18)12-5-3-2-4-6-12/h2-9H,10H2,1H3,(H,16,18). The first-order valence-corrected chi connectivity index (χ1v) is 7.35. The van der Waals surface area contributed by atoms with Crippen LogP contribution in [0.3, 0.4) is 0 Å². The van der Waals surface area contributed by atoms with Crippen molar-refractivity contribution in [3.05, 3.63) is 63.2 Å². The highest BCUT2D eigenvalue weighted by Crippen LogP contribution is 2.23. The van der Waals surface area contributed by atoms with Crippen molar-refractivity contribution in [3.8, 4) is 11.3 Å². The Kier molecular flexibility index (Phi) is 3.36. The molecule has 3 rings (SSSR count). The summed E-state index contributed by atoms with van der Waals surface area (Å²) in [5, 5.41) is 0. The highest BCUT2D eigenvalue weighted by molar-refractivity contribution is 7.71. The van der Waals surface area contributed by atoms with E-state index >= 15 is 0 Å². The molecular formula is C15H14N2S2. The maximum atomic E-state index is 5.39. The molecule has 1 N–H and O–H groups in total. The molecule has 3 aromatic rings. The predicted molar refractivity (Wildman–Crippen MR) is 83.2 cm³/mol. The Hall–Kier alpha value is -1.65. The van der Waals surface area contributed by atoms with Gasteiger partial charge in [-0.3, -0.25) is 0 Å². The first-order valence-electron chi connectivity index (χ1n) is 6.13. The zero-order valence-corrected chi connectivity index (χ0v) is 12.2. The molecule has 0 unspecified atom stereocenters. The number of imidazole rings is 1. The molecule has 96 valence electrons. The Morgan fingerprint density at radius 2 is 1.95 bits per heavy atom. The zero-order chi connectivity index (χ0) is 13.2. The minimum atomic E-state index is 0.768. The molecule has 2 aromatic heterocycles. The third-order valence-corrected chi connectivity index (χ3v) is 4.37. The number of aromatic nitrogens is 2. The lowest BCUT2D eigenvalue weighted by Crippen LogP contribution is -2.00. The van der Waals surface area contributed by atoms with Crippen LogP contribution in [-0.4, -0.2) is 9.55 Å². The molecule has 0 saturated heterocycles. The van der Waals surface area contributed by atoms with Crippen molar-refractivity contribution in [2.24, 2.45) is 0 Å². The van der Waals surface area contributed by atoms with Gasteiger partial charge in [-0.05, 0) is 36.8 Å². The van der Waals surface area contributed by atoms with Crippen LogP contribution in [0.1, 0.15) is 9.75 Å². The van der Waals surface area contributed by atoms with Crippen molar-refractivity contribution in [3.63, 3.8) is 0 Å². The summed E-state index contributed by atoms with van der Waals surface area (Å²) in [6.07, 6.45) is 1.98. The normalized spacial score (nSPS) is 10.8. The minimum absolute atomic E-state index is 0.768. The molecule has 2 nitrogen and oxygen atoms in total. The number of aryl methyl sites for hydroxylation is 1. The van der Waals surface area contributed by atoms with Gasteiger partial charge in [0.15, 0.2) is 4.77 Å². The Balaban J connectivity index is 2.02. The third-order valence-electron chi connectivity index (χ3n) is 3.05. The molecule has 0 aliphatic rings. The van der Waals surface area contributed by atoms with Crippen molar-refractivity contribution < 1.29 is 0 Å². The quantitative estimate of drug-likeness (QED) is 0.696. The summed E-state index contributed by atoms with van der Waals surface area (Å²) in [5.74, 6) is 0. The van der Waals surface area contributed by atoms with E-state index in [1.165, 1.54) is 15.3 Å². The lowest BCUT2D eigenvalue weighted by molar-refractivity contribution is 0.803. The Bertz CT molecular complexity index is 735. The number of hydrogen-bond donors (Lipinski definition) is 1. The smallest absolute Gasteiger partial charge is 0.177 e. The molecule has 2 heterocycles. The van der Waals surface area contributed by atoms with Gasteiger partial charge in [0.05, 0.1) is 12.2 Å². The first-order chi connectivity index (χ1) is 9.24. The number of H-pyrrole nitrogens is 1. The summed E-state index contributed by atoms with van der Waals surface area (Å²) in [7, 11) is 0. The topological polar surface area (TPSA) is 20.7 Å². The molecule has 0 atom stereocenters. The Morgan fingerprint density at radius 3 is 2.63 bits per heavy atom. The number of thiophene rings is 1. The SMILES string of the molecule is Cc1ccc(Cn2c(-c3ccccc3)c[nH]c2=S)s1. The molecule has 0 aliphatic carbocycles. The highest BCUT2D eigenvalue weighted by Gasteiger charge is 2.07. The summed E-state index contributed by atoms with van der Waals surface area (Å²) < 4.78 is 2.92. The highest BCUT2D eigenvalue weighted by atomic mass is 32.1. The van der Waals surface area contributed by atoms with Crippen LogP contribution in [0.25, 0.3) is 11.3 Å². The summed E-state index contributed by atoms with van der Waals surface area (Å²) in [6, 6.07) is 14.7. The number of nitrogens with one attached hydrogen (secondary N) is 1. The van der Waals surface area contributed by atoms with E-state index in [0.717, 1.165) is 17.0 Å². The monoisotopic (exact) mass is 286 g/mol. The molecular weight excluding hydrogens is 272 g/mol. The van der Waals surface area contributed by atoms with Crippen LogP contribution in [0.2, 0.25) is 0 Å². The van der Waals surface area contributed by atoms with Crippen molar-refractivity contribution in [1.29, 1.82) is 0 Å². The molecule has 1 aromatic carbocycles. The van der Waals surface area contributed by atoms with Gasteiger partial charge in [-0.15, -0.1) is 11.3 Å².